The Morgan fingerprint density at radius 3 is 3.05 bits per heavy atom. The molecule has 2 aliphatic rings. The number of hydrogen-bond acceptors (Lipinski definition) is 3. The third-order valence-corrected chi connectivity index (χ3v) is 4.57. The fourth-order valence-electron chi connectivity index (χ4n) is 3.51. The van der Waals surface area contributed by atoms with E-state index in [0.717, 1.165) is 18.2 Å². The Kier molecular flexibility index (Phi) is 4.92. The normalized spacial score (nSPS) is 23.2. The average molecular weight is 284 g/mol. The second-order valence-electron chi connectivity index (χ2n) is 6.08. The molecule has 1 unspecified atom stereocenters. The number of rotatable bonds is 2. The molecule has 2 heterocycles. The van der Waals surface area contributed by atoms with Gasteiger partial charge in [0.2, 0.25) is 0 Å². The summed E-state index contributed by atoms with van der Waals surface area (Å²) in [5.74, 6) is 5.71. The average Bonchev–Trinajstić information content (AvgIpc) is 2.53. The highest BCUT2D eigenvalue weighted by molar-refractivity contribution is 5.37. The second-order valence-corrected chi connectivity index (χ2v) is 6.08. The van der Waals surface area contributed by atoms with Crippen molar-refractivity contribution in [1.29, 1.82) is 0 Å². The van der Waals surface area contributed by atoms with Crippen LogP contribution in [0.5, 0.6) is 0 Å². The summed E-state index contributed by atoms with van der Waals surface area (Å²) in [6, 6.07) is 9.16. The van der Waals surface area contributed by atoms with Crippen molar-refractivity contribution in [3.8, 4) is 11.8 Å². The maximum Gasteiger partial charge on any atom is 0.104 e. The molecular weight excluding hydrogens is 260 g/mol. The first-order chi connectivity index (χ1) is 10.3. The van der Waals surface area contributed by atoms with Gasteiger partial charge in [-0.05, 0) is 37.1 Å². The molecule has 0 radical (unpaired) electrons. The SMILES string of the molecule is OCC#Cc1cccc(CN2CCN3CCCCC3C2)c1. The van der Waals surface area contributed by atoms with Crippen LogP contribution in [0.1, 0.15) is 30.4 Å². The Labute approximate surface area is 127 Å². The first-order valence-electron chi connectivity index (χ1n) is 8.00. The minimum atomic E-state index is -0.0755. The van der Waals surface area contributed by atoms with Crippen LogP contribution in [0.25, 0.3) is 0 Å². The summed E-state index contributed by atoms with van der Waals surface area (Å²) in [6.45, 7) is 5.82. The van der Waals surface area contributed by atoms with Crippen LogP contribution < -0.4 is 0 Å². The predicted octanol–water partition coefficient (Wildman–Crippen LogP) is 1.70. The fourth-order valence-corrected chi connectivity index (χ4v) is 3.51. The number of nitrogens with zero attached hydrogens (tertiary/aromatic N) is 2. The summed E-state index contributed by atoms with van der Waals surface area (Å²) in [7, 11) is 0. The van der Waals surface area contributed by atoms with Crippen molar-refractivity contribution in [2.45, 2.75) is 31.8 Å². The topological polar surface area (TPSA) is 26.7 Å². The number of fused-ring (bicyclic) bond motifs is 1. The summed E-state index contributed by atoms with van der Waals surface area (Å²) >= 11 is 0. The first-order valence-corrected chi connectivity index (χ1v) is 8.00. The minimum Gasteiger partial charge on any atom is -0.384 e. The van der Waals surface area contributed by atoms with Gasteiger partial charge in [0.1, 0.15) is 6.61 Å². The second kappa shape index (κ2) is 7.09. The molecule has 2 aliphatic heterocycles. The Hall–Kier alpha value is -1.34. The van der Waals surface area contributed by atoms with Crippen LogP contribution in [-0.4, -0.2) is 53.7 Å². The molecule has 1 N–H and O–H groups in total. The van der Waals surface area contributed by atoms with Crippen molar-refractivity contribution in [2.75, 3.05) is 32.8 Å². The van der Waals surface area contributed by atoms with E-state index in [1.165, 1.54) is 51.0 Å². The van der Waals surface area contributed by atoms with E-state index in [4.69, 9.17) is 5.11 Å². The quantitative estimate of drug-likeness (QED) is 0.838. The van der Waals surface area contributed by atoms with E-state index >= 15 is 0 Å². The van der Waals surface area contributed by atoms with Crippen molar-refractivity contribution in [3.63, 3.8) is 0 Å². The van der Waals surface area contributed by atoms with Gasteiger partial charge in [-0.15, -0.1) is 0 Å². The monoisotopic (exact) mass is 284 g/mol. The maximum absolute atomic E-state index is 8.78. The van der Waals surface area contributed by atoms with Gasteiger partial charge in [-0.2, -0.15) is 0 Å². The Balaban J connectivity index is 1.61. The summed E-state index contributed by atoms with van der Waals surface area (Å²) in [5, 5.41) is 8.78. The number of piperidine rings is 1. The minimum absolute atomic E-state index is 0.0755. The van der Waals surface area contributed by atoms with Gasteiger partial charge in [0.25, 0.3) is 0 Å². The molecule has 3 heteroatoms. The highest BCUT2D eigenvalue weighted by Gasteiger charge is 2.28. The molecular formula is C18H24N2O. The summed E-state index contributed by atoms with van der Waals surface area (Å²) in [4.78, 5) is 5.24. The third kappa shape index (κ3) is 3.85. The molecule has 2 fully saturated rings. The Morgan fingerprint density at radius 2 is 2.14 bits per heavy atom. The summed E-state index contributed by atoms with van der Waals surface area (Å²) < 4.78 is 0. The van der Waals surface area contributed by atoms with Gasteiger partial charge in [-0.1, -0.05) is 30.4 Å². The van der Waals surface area contributed by atoms with Gasteiger partial charge in [0.15, 0.2) is 0 Å². The number of aliphatic hydroxyl groups is 1. The van der Waals surface area contributed by atoms with E-state index in [9.17, 15) is 0 Å². The van der Waals surface area contributed by atoms with Crippen molar-refractivity contribution >= 4 is 0 Å². The van der Waals surface area contributed by atoms with Crippen LogP contribution in [-0.2, 0) is 6.54 Å². The molecule has 0 bridgehead atoms. The molecule has 0 spiro atoms. The zero-order chi connectivity index (χ0) is 14.5. The molecule has 112 valence electrons. The Morgan fingerprint density at radius 1 is 1.19 bits per heavy atom. The summed E-state index contributed by atoms with van der Waals surface area (Å²) in [5.41, 5.74) is 2.32. The van der Waals surface area contributed by atoms with Crippen molar-refractivity contribution in [1.82, 2.24) is 9.80 Å². The van der Waals surface area contributed by atoms with Gasteiger partial charge in [-0.3, -0.25) is 9.80 Å². The predicted molar refractivity (Wildman–Crippen MR) is 84.9 cm³/mol. The van der Waals surface area contributed by atoms with E-state index < -0.39 is 0 Å². The molecule has 0 amide bonds. The maximum atomic E-state index is 8.78. The molecule has 2 saturated heterocycles. The van der Waals surface area contributed by atoms with Crippen LogP contribution in [0, 0.1) is 11.8 Å². The van der Waals surface area contributed by atoms with E-state index in [1.54, 1.807) is 0 Å². The van der Waals surface area contributed by atoms with Crippen LogP contribution >= 0.6 is 0 Å². The van der Waals surface area contributed by atoms with Crippen molar-refractivity contribution < 1.29 is 5.11 Å². The zero-order valence-corrected chi connectivity index (χ0v) is 12.6. The number of piperazine rings is 1. The molecule has 21 heavy (non-hydrogen) atoms. The number of benzene rings is 1. The molecule has 3 nitrogen and oxygen atoms in total. The standard InChI is InChI=1S/C18H24N2O/c21-12-4-7-16-5-3-6-17(13-16)14-19-10-11-20-9-2-1-8-18(20)15-19/h3,5-6,13,18,21H,1-2,8-12,14-15H2. The molecule has 3 rings (SSSR count). The van der Waals surface area contributed by atoms with Crippen molar-refractivity contribution in [3.05, 3.63) is 35.4 Å². The number of hydrogen-bond donors (Lipinski definition) is 1. The molecule has 1 atom stereocenters. The number of aliphatic hydroxyl groups excluding tert-OH is 1. The highest BCUT2D eigenvalue weighted by atomic mass is 16.2. The van der Waals surface area contributed by atoms with Gasteiger partial charge in [-0.25, -0.2) is 0 Å². The molecule has 0 aromatic heterocycles. The van der Waals surface area contributed by atoms with E-state index in [-0.39, 0.29) is 6.61 Å². The lowest BCUT2D eigenvalue weighted by Gasteiger charge is -2.44. The van der Waals surface area contributed by atoms with Gasteiger partial charge >= 0.3 is 0 Å². The zero-order valence-electron chi connectivity index (χ0n) is 12.6. The van der Waals surface area contributed by atoms with E-state index in [2.05, 4.69) is 39.8 Å². The van der Waals surface area contributed by atoms with Gasteiger partial charge < -0.3 is 5.11 Å². The molecule has 1 aromatic rings. The fraction of sp³-hybridized carbons (Fsp3) is 0.556. The van der Waals surface area contributed by atoms with Crippen LogP contribution in [0.2, 0.25) is 0 Å². The smallest absolute Gasteiger partial charge is 0.104 e. The molecule has 1 aromatic carbocycles. The van der Waals surface area contributed by atoms with Crippen LogP contribution in [0.15, 0.2) is 24.3 Å². The highest BCUT2D eigenvalue weighted by Crippen LogP contribution is 2.22. The largest absolute Gasteiger partial charge is 0.384 e. The molecule has 0 aliphatic carbocycles. The third-order valence-electron chi connectivity index (χ3n) is 4.57. The van der Waals surface area contributed by atoms with E-state index in [0.29, 0.717) is 0 Å². The van der Waals surface area contributed by atoms with Crippen molar-refractivity contribution in [2.24, 2.45) is 0 Å². The summed E-state index contributed by atoms with van der Waals surface area (Å²) in [6.07, 6.45) is 4.13. The van der Waals surface area contributed by atoms with Gasteiger partial charge in [0, 0.05) is 37.8 Å². The van der Waals surface area contributed by atoms with Gasteiger partial charge in [0.05, 0.1) is 0 Å². The lowest BCUT2D eigenvalue weighted by molar-refractivity contribution is 0.0457. The lowest BCUT2D eigenvalue weighted by atomic mass is 9.99. The van der Waals surface area contributed by atoms with E-state index in [1.807, 2.05) is 6.07 Å². The molecule has 0 saturated carbocycles. The lowest BCUT2D eigenvalue weighted by Crippen LogP contribution is -2.54. The Bertz CT molecular complexity index is 532. The van der Waals surface area contributed by atoms with Crippen LogP contribution in [0.4, 0.5) is 0 Å². The first kappa shape index (κ1) is 14.6. The van der Waals surface area contributed by atoms with Crippen LogP contribution in [0.3, 0.4) is 0 Å².